The van der Waals surface area contributed by atoms with Crippen molar-refractivity contribution in [1.29, 1.82) is 0 Å². The molecule has 2 heteroatoms. The summed E-state index contributed by atoms with van der Waals surface area (Å²) < 4.78 is 6.32. The van der Waals surface area contributed by atoms with Gasteiger partial charge in [-0.15, -0.1) is 0 Å². The van der Waals surface area contributed by atoms with Gasteiger partial charge in [0.1, 0.15) is 11.2 Å². The maximum absolute atomic E-state index is 6.32. The predicted molar refractivity (Wildman–Crippen MR) is 229 cm³/mol. The van der Waals surface area contributed by atoms with E-state index in [1.165, 1.54) is 65.3 Å². The second kappa shape index (κ2) is 12.2. The van der Waals surface area contributed by atoms with Gasteiger partial charge in [0.15, 0.2) is 0 Å². The molecular weight excluding hydrogens is 655 g/mol. The molecule has 0 spiro atoms. The summed E-state index contributed by atoms with van der Waals surface area (Å²) in [6.07, 6.45) is 0. The molecule has 0 saturated heterocycles. The Morgan fingerprint density at radius 2 is 0.815 bits per heavy atom. The summed E-state index contributed by atoms with van der Waals surface area (Å²) >= 11 is 0. The number of furan rings is 1. The van der Waals surface area contributed by atoms with E-state index < -0.39 is 0 Å². The Morgan fingerprint density at radius 1 is 0.296 bits per heavy atom. The molecule has 0 aliphatic carbocycles. The van der Waals surface area contributed by atoms with E-state index in [0.29, 0.717) is 0 Å². The molecule has 11 aromatic rings. The molecule has 0 bridgehead atoms. The van der Waals surface area contributed by atoms with Gasteiger partial charge in [-0.3, -0.25) is 0 Å². The van der Waals surface area contributed by atoms with Crippen molar-refractivity contribution in [3.05, 3.63) is 200 Å². The van der Waals surface area contributed by atoms with Crippen LogP contribution in [-0.2, 0) is 0 Å². The quantitative estimate of drug-likeness (QED) is 0.168. The maximum atomic E-state index is 6.32. The van der Waals surface area contributed by atoms with E-state index in [-0.39, 0.29) is 0 Å². The number of anilines is 3. The lowest BCUT2D eigenvalue weighted by molar-refractivity contribution is 0.669. The second-order valence-corrected chi connectivity index (χ2v) is 14.0. The Morgan fingerprint density at radius 3 is 1.59 bits per heavy atom. The molecule has 0 aliphatic heterocycles. The smallest absolute Gasteiger partial charge is 0.135 e. The van der Waals surface area contributed by atoms with E-state index in [1.807, 2.05) is 12.1 Å². The summed E-state index contributed by atoms with van der Waals surface area (Å²) in [6, 6.07) is 72.4. The fourth-order valence-corrected chi connectivity index (χ4v) is 8.63. The van der Waals surface area contributed by atoms with Gasteiger partial charge in [0.2, 0.25) is 0 Å². The summed E-state index contributed by atoms with van der Waals surface area (Å²) in [5.41, 5.74) is 9.93. The van der Waals surface area contributed by atoms with Gasteiger partial charge >= 0.3 is 0 Å². The van der Waals surface area contributed by atoms with E-state index >= 15 is 0 Å². The van der Waals surface area contributed by atoms with Gasteiger partial charge in [0, 0.05) is 27.5 Å². The third-order valence-corrected chi connectivity index (χ3v) is 11.0. The van der Waals surface area contributed by atoms with Crippen molar-refractivity contribution in [3.8, 4) is 22.3 Å². The molecule has 54 heavy (non-hydrogen) atoms. The Bertz CT molecular complexity index is 3210. The average molecular weight is 688 g/mol. The highest BCUT2D eigenvalue weighted by Gasteiger charge is 2.22. The van der Waals surface area contributed by atoms with Gasteiger partial charge in [-0.25, -0.2) is 0 Å². The number of fused-ring (bicyclic) bond motifs is 9. The number of rotatable bonds is 5. The minimum absolute atomic E-state index is 0.882. The molecule has 0 radical (unpaired) electrons. The fraction of sp³-hybridized carbons (Fsp3) is 0. The van der Waals surface area contributed by atoms with E-state index in [2.05, 4.69) is 193 Å². The normalized spacial score (nSPS) is 11.7. The standard InChI is InChI=1S/C52H33NO/c1-3-15-35(16-4-1)51-45-22-10-9-20-41(45)42-30-27-37(33-47(42)52(51)36-17-5-2-6-18-36)53(38-28-31-50-46(32-38)44-21-11-12-25-49(44)54-50)48-24-13-23-40-39-19-8-7-14-34(39)26-29-43(40)48/h1-33H. The van der Waals surface area contributed by atoms with Crippen LogP contribution < -0.4 is 4.90 Å². The van der Waals surface area contributed by atoms with Crippen LogP contribution in [0.2, 0.25) is 0 Å². The first-order chi connectivity index (χ1) is 26.8. The number of nitrogens with zero attached hydrogens (tertiary/aromatic N) is 1. The summed E-state index contributed by atoms with van der Waals surface area (Å²) in [5.74, 6) is 0. The van der Waals surface area contributed by atoms with Crippen LogP contribution in [0.3, 0.4) is 0 Å². The van der Waals surface area contributed by atoms with Crippen LogP contribution >= 0.6 is 0 Å². The van der Waals surface area contributed by atoms with Crippen molar-refractivity contribution >= 4 is 82.1 Å². The summed E-state index contributed by atoms with van der Waals surface area (Å²) in [7, 11) is 0. The highest BCUT2D eigenvalue weighted by molar-refractivity contribution is 6.22. The van der Waals surface area contributed by atoms with Gasteiger partial charge in [-0.1, -0.05) is 158 Å². The molecule has 0 saturated carbocycles. The monoisotopic (exact) mass is 687 g/mol. The minimum Gasteiger partial charge on any atom is -0.456 e. The number of para-hydroxylation sites is 1. The molecule has 252 valence electrons. The number of benzene rings is 10. The summed E-state index contributed by atoms with van der Waals surface area (Å²) in [6.45, 7) is 0. The second-order valence-electron chi connectivity index (χ2n) is 14.0. The molecule has 2 nitrogen and oxygen atoms in total. The molecular formula is C52H33NO. The highest BCUT2D eigenvalue weighted by atomic mass is 16.3. The topological polar surface area (TPSA) is 16.4 Å². The van der Waals surface area contributed by atoms with Crippen molar-refractivity contribution in [2.45, 2.75) is 0 Å². The molecule has 1 aromatic heterocycles. The first-order valence-corrected chi connectivity index (χ1v) is 18.5. The Hall–Kier alpha value is -7.16. The van der Waals surface area contributed by atoms with Gasteiger partial charge in [0.05, 0.1) is 5.69 Å². The zero-order valence-electron chi connectivity index (χ0n) is 29.4. The molecule has 0 unspecified atom stereocenters. The third kappa shape index (κ3) is 4.74. The summed E-state index contributed by atoms with van der Waals surface area (Å²) in [4.78, 5) is 2.43. The van der Waals surface area contributed by atoms with Crippen LogP contribution in [0.5, 0.6) is 0 Å². The largest absolute Gasteiger partial charge is 0.456 e. The van der Waals surface area contributed by atoms with Gasteiger partial charge in [0.25, 0.3) is 0 Å². The number of hydrogen-bond donors (Lipinski definition) is 0. The van der Waals surface area contributed by atoms with E-state index in [1.54, 1.807) is 0 Å². The minimum atomic E-state index is 0.882. The van der Waals surface area contributed by atoms with Crippen LogP contribution in [0.1, 0.15) is 0 Å². The lowest BCUT2D eigenvalue weighted by atomic mass is 9.85. The molecule has 0 atom stereocenters. The Labute approximate surface area is 312 Å². The van der Waals surface area contributed by atoms with E-state index in [9.17, 15) is 0 Å². The average Bonchev–Trinajstić information content (AvgIpc) is 3.62. The van der Waals surface area contributed by atoms with E-state index in [4.69, 9.17) is 4.42 Å². The zero-order chi connectivity index (χ0) is 35.6. The van der Waals surface area contributed by atoms with Gasteiger partial charge < -0.3 is 9.32 Å². The fourth-order valence-electron chi connectivity index (χ4n) is 8.63. The SMILES string of the molecule is c1ccc(-c2c(-c3ccccc3)c3cc(N(c4ccc5oc6ccccc6c5c4)c4cccc5c4ccc4ccccc45)ccc3c3ccccc23)cc1. The first-order valence-electron chi connectivity index (χ1n) is 18.5. The molecule has 11 rings (SSSR count). The van der Waals surface area contributed by atoms with Crippen molar-refractivity contribution in [1.82, 2.24) is 0 Å². The van der Waals surface area contributed by atoms with Crippen molar-refractivity contribution in [2.75, 3.05) is 4.90 Å². The van der Waals surface area contributed by atoms with Gasteiger partial charge in [-0.05, 0) is 102 Å². The van der Waals surface area contributed by atoms with Crippen LogP contribution in [0.25, 0.3) is 87.3 Å². The molecule has 0 amide bonds. The first kappa shape index (κ1) is 30.5. The molecule has 0 N–H and O–H groups in total. The number of hydrogen-bond acceptors (Lipinski definition) is 2. The molecule has 1 heterocycles. The van der Waals surface area contributed by atoms with Crippen molar-refractivity contribution < 1.29 is 4.42 Å². The van der Waals surface area contributed by atoms with Gasteiger partial charge in [-0.2, -0.15) is 0 Å². The Kier molecular flexibility index (Phi) is 6.90. The predicted octanol–water partition coefficient (Wildman–Crippen LogP) is 15.0. The third-order valence-electron chi connectivity index (χ3n) is 11.0. The van der Waals surface area contributed by atoms with Crippen LogP contribution in [-0.4, -0.2) is 0 Å². The molecule has 10 aromatic carbocycles. The molecule has 0 fully saturated rings. The lowest BCUT2D eigenvalue weighted by Crippen LogP contribution is -2.10. The van der Waals surface area contributed by atoms with Crippen LogP contribution in [0.4, 0.5) is 17.1 Å². The van der Waals surface area contributed by atoms with Crippen LogP contribution in [0.15, 0.2) is 205 Å². The zero-order valence-corrected chi connectivity index (χ0v) is 29.4. The van der Waals surface area contributed by atoms with E-state index in [0.717, 1.165) is 39.0 Å². The van der Waals surface area contributed by atoms with Crippen molar-refractivity contribution in [2.24, 2.45) is 0 Å². The Balaban J connectivity index is 1.26. The van der Waals surface area contributed by atoms with Crippen LogP contribution in [0, 0.1) is 0 Å². The highest BCUT2D eigenvalue weighted by Crippen LogP contribution is 2.48. The lowest BCUT2D eigenvalue weighted by Gasteiger charge is -2.28. The van der Waals surface area contributed by atoms with Crippen molar-refractivity contribution in [3.63, 3.8) is 0 Å². The summed E-state index contributed by atoms with van der Waals surface area (Å²) in [5, 5.41) is 12.0. The molecule has 0 aliphatic rings. The maximum Gasteiger partial charge on any atom is 0.135 e.